The molecule has 2 fully saturated rings. The van der Waals surface area contributed by atoms with E-state index in [0.717, 1.165) is 134 Å². The minimum Gasteiger partial charge on any atom is -0.490 e. The largest absolute Gasteiger partial charge is 0.490 e. The molecule has 0 unspecified atom stereocenters. The lowest BCUT2D eigenvalue weighted by atomic mass is 9.99. The average molecular weight is 879 g/mol. The quantitative estimate of drug-likeness (QED) is 0.0692. The Bertz CT molecular complexity index is 2440. The van der Waals surface area contributed by atoms with Crippen LogP contribution in [0.25, 0.3) is 21.8 Å². The van der Waals surface area contributed by atoms with E-state index in [4.69, 9.17) is 28.9 Å². The molecule has 10 heteroatoms. The first-order valence-electron chi connectivity index (χ1n) is 24.4. The van der Waals surface area contributed by atoms with Crippen molar-refractivity contribution in [3.63, 3.8) is 0 Å². The predicted molar refractivity (Wildman–Crippen MR) is 266 cm³/mol. The summed E-state index contributed by atoms with van der Waals surface area (Å²) in [6.07, 6.45) is 10.4. The van der Waals surface area contributed by atoms with Gasteiger partial charge < -0.3 is 18.9 Å². The molecule has 0 radical (unpaired) electrons. The normalized spacial score (nSPS) is 15.5. The number of hydrazine groups is 1. The summed E-state index contributed by atoms with van der Waals surface area (Å²) in [6, 6.07) is 35.1. The second-order valence-corrected chi connectivity index (χ2v) is 18.2. The molecule has 2 aromatic heterocycles. The molecule has 6 aromatic rings. The maximum Gasteiger partial charge on any atom is 0.161 e. The van der Waals surface area contributed by atoms with Crippen LogP contribution < -0.4 is 29.0 Å². The Balaban J connectivity index is 1.06. The highest BCUT2D eigenvalue weighted by molar-refractivity contribution is 5.84. The SMILES string of the molecule is CCOc1cc(CN2CCC(N(c3cnc4ccccc4c3)N(c3cnc4ccccc4c3)C3CCN(Cc4ccc(OC(CC)CC)c(OCC)c4)CC3)CC2)ccc1OCC(C)C. The highest BCUT2D eigenvalue weighted by Gasteiger charge is 2.36. The number of para-hydroxylation sites is 2. The van der Waals surface area contributed by atoms with Gasteiger partial charge in [-0.2, -0.15) is 0 Å². The van der Waals surface area contributed by atoms with E-state index in [0.29, 0.717) is 25.7 Å². The molecule has 8 rings (SSSR count). The van der Waals surface area contributed by atoms with Crippen LogP contribution in [0.15, 0.2) is 109 Å². The van der Waals surface area contributed by atoms with Crippen molar-refractivity contribution < 1.29 is 18.9 Å². The van der Waals surface area contributed by atoms with Gasteiger partial charge in [-0.3, -0.25) is 29.8 Å². The summed E-state index contributed by atoms with van der Waals surface area (Å²) < 4.78 is 24.7. The fourth-order valence-corrected chi connectivity index (χ4v) is 9.50. The van der Waals surface area contributed by atoms with E-state index in [-0.39, 0.29) is 18.2 Å². The third kappa shape index (κ3) is 11.5. The van der Waals surface area contributed by atoms with Gasteiger partial charge in [0.05, 0.1) is 72.8 Å². The second-order valence-electron chi connectivity index (χ2n) is 18.2. The van der Waals surface area contributed by atoms with E-state index >= 15 is 0 Å². The molecule has 10 nitrogen and oxygen atoms in total. The minimum absolute atomic E-state index is 0.185. The highest BCUT2D eigenvalue weighted by atomic mass is 16.5. The van der Waals surface area contributed by atoms with Crippen molar-refractivity contribution in [3.05, 3.63) is 121 Å². The summed E-state index contributed by atoms with van der Waals surface area (Å²) in [5.41, 5.74) is 6.75. The van der Waals surface area contributed by atoms with Crippen LogP contribution in [0.5, 0.6) is 23.0 Å². The number of nitrogens with zero attached hydrogens (tertiary/aromatic N) is 6. The van der Waals surface area contributed by atoms with Crippen molar-refractivity contribution >= 4 is 33.2 Å². The number of hydrogen-bond acceptors (Lipinski definition) is 10. The fraction of sp³-hybridized carbons (Fsp3) is 0.455. The van der Waals surface area contributed by atoms with Crippen molar-refractivity contribution in [2.45, 2.75) is 111 Å². The summed E-state index contributed by atoms with van der Waals surface area (Å²) in [5.74, 6) is 3.78. The maximum atomic E-state index is 6.38. The highest BCUT2D eigenvalue weighted by Crippen LogP contribution is 2.37. The van der Waals surface area contributed by atoms with Crippen LogP contribution in [0.3, 0.4) is 0 Å². The number of benzene rings is 4. The van der Waals surface area contributed by atoms with Gasteiger partial charge >= 0.3 is 0 Å². The molecule has 0 amide bonds. The Hall–Kier alpha value is -5.58. The predicted octanol–water partition coefficient (Wildman–Crippen LogP) is 11.7. The van der Waals surface area contributed by atoms with E-state index in [1.54, 1.807) is 0 Å². The van der Waals surface area contributed by atoms with Gasteiger partial charge in [0.15, 0.2) is 23.0 Å². The summed E-state index contributed by atoms with van der Waals surface area (Å²) in [6.45, 7) is 20.3. The average Bonchev–Trinajstić information content (AvgIpc) is 3.33. The van der Waals surface area contributed by atoms with Crippen LogP contribution in [0, 0.1) is 5.92 Å². The molecule has 2 saturated heterocycles. The number of piperidine rings is 2. The summed E-state index contributed by atoms with van der Waals surface area (Å²) >= 11 is 0. The van der Waals surface area contributed by atoms with Gasteiger partial charge in [-0.15, -0.1) is 0 Å². The van der Waals surface area contributed by atoms with Crippen LogP contribution in [0.4, 0.5) is 11.4 Å². The maximum absolute atomic E-state index is 6.38. The summed E-state index contributed by atoms with van der Waals surface area (Å²) in [5, 5.41) is 7.52. The molecule has 0 aliphatic carbocycles. The summed E-state index contributed by atoms with van der Waals surface area (Å²) in [4.78, 5) is 15.3. The molecule has 65 heavy (non-hydrogen) atoms. The molecule has 0 bridgehead atoms. The van der Waals surface area contributed by atoms with E-state index < -0.39 is 0 Å². The van der Waals surface area contributed by atoms with Crippen molar-refractivity contribution in [3.8, 4) is 23.0 Å². The van der Waals surface area contributed by atoms with Gasteiger partial charge in [-0.1, -0.05) is 76.2 Å². The number of ether oxygens (including phenoxy) is 4. The molecule has 4 aromatic carbocycles. The van der Waals surface area contributed by atoms with Crippen LogP contribution in [0.1, 0.15) is 91.2 Å². The van der Waals surface area contributed by atoms with Crippen molar-refractivity contribution in [1.82, 2.24) is 19.8 Å². The van der Waals surface area contributed by atoms with Crippen LogP contribution in [0.2, 0.25) is 0 Å². The first-order valence-corrected chi connectivity index (χ1v) is 24.4. The molecule has 0 spiro atoms. The molecule has 4 heterocycles. The van der Waals surface area contributed by atoms with Gasteiger partial charge in [-0.05, 0) is 118 Å². The molecule has 0 N–H and O–H groups in total. The number of fused-ring (bicyclic) bond motifs is 2. The number of aromatic nitrogens is 2. The van der Waals surface area contributed by atoms with E-state index in [1.165, 1.54) is 11.1 Å². The third-order valence-electron chi connectivity index (χ3n) is 12.9. The third-order valence-corrected chi connectivity index (χ3v) is 12.9. The lowest BCUT2D eigenvalue weighted by Gasteiger charge is -2.50. The number of anilines is 2. The molecule has 2 aliphatic rings. The standard InChI is InChI=1S/C55H70N6O4/c1-7-49(8-2)65-53-22-20-42(32-55(53)63-10-4)38-59-29-25-46(26-30-59)61(48-34-44-16-12-14-18-51(44)57-36-48)60(47-33-43-15-11-13-17-50(43)56-35-47)45-23-27-58(28-24-45)37-41-19-21-52(64-39-40(5)6)54(31-41)62-9-3/h11-22,31-36,40,45-46,49H,7-10,23-30,37-39H2,1-6H3. The Morgan fingerprint density at radius 1 is 0.554 bits per heavy atom. The van der Waals surface area contributed by atoms with Gasteiger partial charge in [0.2, 0.25) is 0 Å². The molecule has 2 aliphatic heterocycles. The molecular formula is C55H70N6O4. The van der Waals surface area contributed by atoms with Crippen molar-refractivity contribution in [1.29, 1.82) is 0 Å². The topological polar surface area (TPSA) is 75.7 Å². The lowest BCUT2D eigenvalue weighted by Crippen LogP contribution is -2.59. The second kappa shape index (κ2) is 22.1. The monoisotopic (exact) mass is 879 g/mol. The van der Waals surface area contributed by atoms with Crippen molar-refractivity contribution in [2.75, 3.05) is 56.0 Å². The number of pyridine rings is 2. The van der Waals surface area contributed by atoms with Gasteiger partial charge in [-0.25, -0.2) is 0 Å². The molecule has 344 valence electrons. The zero-order valence-corrected chi connectivity index (χ0v) is 39.6. The Kier molecular flexibility index (Phi) is 15.6. The van der Waals surface area contributed by atoms with Crippen LogP contribution >= 0.6 is 0 Å². The molecule has 0 atom stereocenters. The van der Waals surface area contributed by atoms with E-state index in [2.05, 4.69) is 157 Å². The summed E-state index contributed by atoms with van der Waals surface area (Å²) in [7, 11) is 0. The Morgan fingerprint density at radius 3 is 1.48 bits per heavy atom. The zero-order valence-electron chi connectivity index (χ0n) is 39.6. The molecular weight excluding hydrogens is 809 g/mol. The van der Waals surface area contributed by atoms with Crippen LogP contribution in [-0.4, -0.2) is 84.0 Å². The molecule has 0 saturated carbocycles. The lowest BCUT2D eigenvalue weighted by molar-refractivity contribution is 0.179. The number of rotatable bonds is 20. The van der Waals surface area contributed by atoms with Crippen molar-refractivity contribution in [2.24, 2.45) is 5.92 Å². The number of hydrogen-bond donors (Lipinski definition) is 0. The first kappa shape index (κ1) is 46.0. The van der Waals surface area contributed by atoms with Crippen LogP contribution in [-0.2, 0) is 13.1 Å². The first-order chi connectivity index (χ1) is 31.8. The van der Waals surface area contributed by atoms with Gasteiger partial charge in [0.1, 0.15) is 0 Å². The minimum atomic E-state index is 0.185. The smallest absolute Gasteiger partial charge is 0.161 e. The van der Waals surface area contributed by atoms with E-state index in [1.807, 2.05) is 13.8 Å². The fourth-order valence-electron chi connectivity index (χ4n) is 9.50. The van der Waals surface area contributed by atoms with E-state index in [9.17, 15) is 0 Å². The van der Waals surface area contributed by atoms with Gasteiger partial charge in [0.25, 0.3) is 0 Å². The number of likely N-dealkylation sites (tertiary alicyclic amines) is 2. The van der Waals surface area contributed by atoms with Gasteiger partial charge in [0, 0.05) is 50.0 Å². The zero-order chi connectivity index (χ0) is 45.1. The Labute approximate surface area is 387 Å². The Morgan fingerprint density at radius 2 is 1.02 bits per heavy atom.